The van der Waals surface area contributed by atoms with Gasteiger partial charge >= 0.3 is 0 Å². The first kappa shape index (κ1) is 12.9. The molecule has 0 saturated heterocycles. The largest absolute Gasteiger partial charge is 0.391 e. The van der Waals surface area contributed by atoms with E-state index in [0.29, 0.717) is 0 Å². The van der Waals surface area contributed by atoms with E-state index in [4.69, 9.17) is 0 Å². The van der Waals surface area contributed by atoms with Crippen molar-refractivity contribution < 1.29 is 9.90 Å². The van der Waals surface area contributed by atoms with Gasteiger partial charge in [0.15, 0.2) is 0 Å². The Balaban J connectivity index is 1.92. The SMILES string of the molecule is CC1(C)CCCC1C(=O)NC1CCCCC1O. The zero-order valence-electron chi connectivity index (χ0n) is 11.0. The van der Waals surface area contributed by atoms with Gasteiger partial charge in [-0.25, -0.2) is 0 Å². The van der Waals surface area contributed by atoms with E-state index in [1.807, 2.05) is 0 Å². The number of carbonyl (C=O) groups excluding carboxylic acids is 1. The van der Waals surface area contributed by atoms with Gasteiger partial charge in [-0.1, -0.05) is 33.1 Å². The smallest absolute Gasteiger partial charge is 0.223 e. The Bertz CT molecular complexity index is 288. The van der Waals surface area contributed by atoms with Crippen molar-refractivity contribution in [2.75, 3.05) is 0 Å². The molecule has 3 atom stereocenters. The molecule has 2 fully saturated rings. The summed E-state index contributed by atoms with van der Waals surface area (Å²) in [7, 11) is 0. The van der Waals surface area contributed by atoms with Crippen LogP contribution in [0, 0.1) is 11.3 Å². The lowest BCUT2D eigenvalue weighted by atomic mass is 9.81. The summed E-state index contributed by atoms with van der Waals surface area (Å²) >= 11 is 0. The predicted molar refractivity (Wildman–Crippen MR) is 67.5 cm³/mol. The molecule has 98 valence electrons. The Morgan fingerprint density at radius 3 is 2.47 bits per heavy atom. The van der Waals surface area contributed by atoms with E-state index < -0.39 is 0 Å². The highest BCUT2D eigenvalue weighted by atomic mass is 16.3. The first-order valence-electron chi connectivity index (χ1n) is 6.99. The highest BCUT2D eigenvalue weighted by molar-refractivity contribution is 5.80. The minimum absolute atomic E-state index is 0.00681. The second-order valence-electron chi connectivity index (χ2n) is 6.40. The van der Waals surface area contributed by atoms with E-state index in [-0.39, 0.29) is 29.4 Å². The lowest BCUT2D eigenvalue weighted by molar-refractivity contribution is -0.129. The van der Waals surface area contributed by atoms with Gasteiger partial charge < -0.3 is 10.4 Å². The van der Waals surface area contributed by atoms with Crippen molar-refractivity contribution in [3.05, 3.63) is 0 Å². The summed E-state index contributed by atoms with van der Waals surface area (Å²) in [6.07, 6.45) is 6.92. The summed E-state index contributed by atoms with van der Waals surface area (Å²) in [5.41, 5.74) is 0.129. The Kier molecular flexibility index (Phi) is 3.76. The number of rotatable bonds is 2. The van der Waals surface area contributed by atoms with Crippen molar-refractivity contribution in [1.29, 1.82) is 0 Å². The zero-order chi connectivity index (χ0) is 12.5. The molecule has 3 nitrogen and oxygen atoms in total. The molecule has 2 aliphatic carbocycles. The molecule has 3 unspecified atom stereocenters. The number of amides is 1. The summed E-state index contributed by atoms with van der Waals surface area (Å²) in [5, 5.41) is 13.0. The van der Waals surface area contributed by atoms with Crippen LogP contribution in [0.4, 0.5) is 0 Å². The molecule has 0 spiro atoms. The van der Waals surface area contributed by atoms with E-state index in [9.17, 15) is 9.90 Å². The fraction of sp³-hybridized carbons (Fsp3) is 0.929. The topological polar surface area (TPSA) is 49.3 Å². The number of aliphatic hydroxyl groups excluding tert-OH is 1. The van der Waals surface area contributed by atoms with Gasteiger partial charge in [0.1, 0.15) is 0 Å². The van der Waals surface area contributed by atoms with Crippen LogP contribution in [-0.4, -0.2) is 23.2 Å². The molecular weight excluding hydrogens is 214 g/mol. The van der Waals surface area contributed by atoms with E-state index >= 15 is 0 Å². The molecular formula is C14H25NO2. The van der Waals surface area contributed by atoms with Gasteiger partial charge in [0.2, 0.25) is 5.91 Å². The summed E-state index contributed by atoms with van der Waals surface area (Å²) in [6, 6.07) is -0.00681. The van der Waals surface area contributed by atoms with Crippen LogP contribution in [-0.2, 0) is 4.79 Å². The van der Waals surface area contributed by atoms with Crippen molar-refractivity contribution in [2.24, 2.45) is 11.3 Å². The van der Waals surface area contributed by atoms with Gasteiger partial charge in [0.25, 0.3) is 0 Å². The van der Waals surface area contributed by atoms with Gasteiger partial charge in [0.05, 0.1) is 12.1 Å². The first-order chi connectivity index (χ1) is 8.00. The molecule has 2 rings (SSSR count). The van der Waals surface area contributed by atoms with Crippen molar-refractivity contribution >= 4 is 5.91 Å². The molecule has 0 radical (unpaired) electrons. The minimum Gasteiger partial charge on any atom is -0.391 e. The molecule has 0 aromatic heterocycles. The van der Waals surface area contributed by atoms with Gasteiger partial charge in [-0.2, -0.15) is 0 Å². The van der Waals surface area contributed by atoms with Crippen molar-refractivity contribution in [3.63, 3.8) is 0 Å². The molecule has 2 N–H and O–H groups in total. The maximum atomic E-state index is 12.3. The number of hydrogen-bond donors (Lipinski definition) is 2. The Morgan fingerprint density at radius 1 is 1.18 bits per heavy atom. The molecule has 2 saturated carbocycles. The normalized spacial score (nSPS) is 36.8. The summed E-state index contributed by atoms with van der Waals surface area (Å²) in [6.45, 7) is 4.36. The quantitative estimate of drug-likeness (QED) is 0.776. The molecule has 0 aromatic carbocycles. The van der Waals surface area contributed by atoms with E-state index in [1.165, 1.54) is 0 Å². The molecule has 2 aliphatic rings. The van der Waals surface area contributed by atoms with Crippen LogP contribution in [0.5, 0.6) is 0 Å². The van der Waals surface area contributed by atoms with Gasteiger partial charge in [0, 0.05) is 5.92 Å². The highest BCUT2D eigenvalue weighted by Gasteiger charge is 2.40. The standard InChI is InChI=1S/C14H25NO2/c1-14(2)9-5-6-10(14)13(17)15-11-7-3-4-8-12(11)16/h10-12,16H,3-9H2,1-2H3,(H,15,17). The van der Waals surface area contributed by atoms with Crippen LogP contribution in [0.1, 0.15) is 58.8 Å². The van der Waals surface area contributed by atoms with Crippen LogP contribution >= 0.6 is 0 Å². The Morgan fingerprint density at radius 2 is 1.88 bits per heavy atom. The van der Waals surface area contributed by atoms with Crippen molar-refractivity contribution in [3.8, 4) is 0 Å². The van der Waals surface area contributed by atoms with Gasteiger partial charge in [-0.3, -0.25) is 4.79 Å². The minimum atomic E-state index is -0.336. The monoisotopic (exact) mass is 239 g/mol. The third-order valence-corrected chi connectivity index (χ3v) is 4.63. The molecule has 0 aliphatic heterocycles. The van der Waals surface area contributed by atoms with Crippen LogP contribution < -0.4 is 5.32 Å². The first-order valence-corrected chi connectivity index (χ1v) is 6.99. The lowest BCUT2D eigenvalue weighted by Gasteiger charge is -2.32. The second-order valence-corrected chi connectivity index (χ2v) is 6.40. The summed E-state index contributed by atoms with van der Waals surface area (Å²) < 4.78 is 0. The van der Waals surface area contributed by atoms with E-state index in [2.05, 4.69) is 19.2 Å². The number of carbonyl (C=O) groups is 1. The molecule has 17 heavy (non-hydrogen) atoms. The lowest BCUT2D eigenvalue weighted by Crippen LogP contribution is -2.48. The van der Waals surface area contributed by atoms with Gasteiger partial charge in [-0.15, -0.1) is 0 Å². The van der Waals surface area contributed by atoms with Crippen LogP contribution in [0.25, 0.3) is 0 Å². The third-order valence-electron chi connectivity index (χ3n) is 4.63. The summed E-state index contributed by atoms with van der Waals surface area (Å²) in [4.78, 5) is 12.3. The average molecular weight is 239 g/mol. The maximum Gasteiger partial charge on any atom is 0.223 e. The molecule has 1 amide bonds. The fourth-order valence-electron chi connectivity index (χ4n) is 3.38. The Hall–Kier alpha value is -0.570. The zero-order valence-corrected chi connectivity index (χ0v) is 11.0. The molecule has 0 heterocycles. The van der Waals surface area contributed by atoms with Crippen molar-refractivity contribution in [2.45, 2.75) is 70.9 Å². The average Bonchev–Trinajstić information content (AvgIpc) is 2.61. The second kappa shape index (κ2) is 4.97. The summed E-state index contributed by atoms with van der Waals surface area (Å²) in [5.74, 6) is 0.301. The number of hydrogen-bond acceptors (Lipinski definition) is 2. The van der Waals surface area contributed by atoms with E-state index in [0.717, 1.165) is 44.9 Å². The van der Waals surface area contributed by atoms with Crippen LogP contribution in [0.15, 0.2) is 0 Å². The van der Waals surface area contributed by atoms with Gasteiger partial charge in [-0.05, 0) is 31.1 Å². The predicted octanol–water partition coefficient (Wildman–Crippen LogP) is 2.23. The van der Waals surface area contributed by atoms with Crippen LogP contribution in [0.3, 0.4) is 0 Å². The fourth-order valence-corrected chi connectivity index (χ4v) is 3.38. The molecule has 0 bridgehead atoms. The Labute approximate surface area is 104 Å². The number of aliphatic hydroxyl groups is 1. The van der Waals surface area contributed by atoms with Crippen molar-refractivity contribution in [1.82, 2.24) is 5.32 Å². The van der Waals surface area contributed by atoms with E-state index in [1.54, 1.807) is 0 Å². The highest BCUT2D eigenvalue weighted by Crippen LogP contribution is 2.42. The number of nitrogens with one attached hydrogen (secondary N) is 1. The third kappa shape index (κ3) is 2.82. The molecule has 3 heteroatoms. The maximum absolute atomic E-state index is 12.3. The van der Waals surface area contributed by atoms with Crippen LogP contribution in [0.2, 0.25) is 0 Å². The molecule has 0 aromatic rings.